The van der Waals surface area contributed by atoms with Crippen molar-refractivity contribution in [2.45, 2.75) is 57.6 Å². The van der Waals surface area contributed by atoms with Gasteiger partial charge in [0.2, 0.25) is 0 Å². The summed E-state index contributed by atoms with van der Waals surface area (Å²) < 4.78 is 17.0. The summed E-state index contributed by atoms with van der Waals surface area (Å²) in [6, 6.07) is 21.2. The first-order valence-corrected chi connectivity index (χ1v) is 13.2. The highest BCUT2D eigenvalue weighted by molar-refractivity contribution is 5.70. The van der Waals surface area contributed by atoms with Gasteiger partial charge in [-0.15, -0.1) is 0 Å². The van der Waals surface area contributed by atoms with Gasteiger partial charge in [0.1, 0.15) is 22.9 Å². The molecule has 1 unspecified atom stereocenters. The second-order valence-corrected chi connectivity index (χ2v) is 9.04. The van der Waals surface area contributed by atoms with E-state index in [4.69, 9.17) is 25.1 Å². The molecule has 0 aliphatic heterocycles. The van der Waals surface area contributed by atoms with Crippen LogP contribution in [0.15, 0.2) is 72.8 Å². The number of carbonyl (C=O) groups is 1. The molecule has 7 heteroatoms. The summed E-state index contributed by atoms with van der Waals surface area (Å²) in [5.74, 6) is 1.23. The van der Waals surface area contributed by atoms with Gasteiger partial charge in [0, 0.05) is 0 Å². The number of carboxylic acids is 1. The topological polar surface area (TPSA) is 104 Å². The van der Waals surface area contributed by atoms with Gasteiger partial charge < -0.3 is 19.3 Å². The van der Waals surface area contributed by atoms with Crippen LogP contribution in [0.2, 0.25) is 0 Å². The van der Waals surface area contributed by atoms with Crippen molar-refractivity contribution in [2.24, 2.45) is 5.73 Å². The van der Waals surface area contributed by atoms with E-state index in [0.29, 0.717) is 29.5 Å². The molecule has 0 radical (unpaired) electrons. The molecule has 1 aromatic heterocycles. The average molecular weight is 519 g/mol. The highest BCUT2D eigenvalue weighted by atomic mass is 16.5. The van der Waals surface area contributed by atoms with Crippen LogP contribution in [0.25, 0.3) is 6.08 Å². The number of rotatable bonds is 17. The van der Waals surface area contributed by atoms with Gasteiger partial charge >= 0.3 is 5.97 Å². The van der Waals surface area contributed by atoms with Crippen molar-refractivity contribution >= 4 is 12.0 Å². The minimum atomic E-state index is -0.909. The molecular weight excluding hydrogens is 480 g/mol. The number of pyridine rings is 1. The summed E-state index contributed by atoms with van der Waals surface area (Å²) in [5.41, 5.74) is 8.63. The van der Waals surface area contributed by atoms with Crippen LogP contribution in [0.5, 0.6) is 17.2 Å². The van der Waals surface area contributed by atoms with Gasteiger partial charge in [0.15, 0.2) is 6.23 Å². The Kier molecular flexibility index (Phi) is 12.2. The lowest BCUT2D eigenvalue weighted by molar-refractivity contribution is -0.135. The summed E-state index contributed by atoms with van der Waals surface area (Å²) in [6.45, 7) is 0.569. The molecule has 0 aliphatic carbocycles. The first-order chi connectivity index (χ1) is 18.5. The number of carboxylic acid groups (broad SMARTS) is 1. The molecule has 2 aromatic carbocycles. The van der Waals surface area contributed by atoms with E-state index in [-0.39, 0.29) is 6.42 Å². The zero-order valence-electron chi connectivity index (χ0n) is 22.1. The molecule has 7 nitrogen and oxygen atoms in total. The largest absolute Gasteiger partial charge is 0.497 e. The minimum Gasteiger partial charge on any atom is -0.497 e. The fourth-order valence-electron chi connectivity index (χ4n) is 3.97. The molecule has 3 rings (SSSR count). The number of aromatic nitrogens is 1. The Hall–Kier alpha value is -3.84. The first kappa shape index (κ1) is 28.7. The number of para-hydroxylation sites is 1. The van der Waals surface area contributed by atoms with Crippen LogP contribution in [-0.4, -0.2) is 29.8 Å². The second-order valence-electron chi connectivity index (χ2n) is 9.04. The summed E-state index contributed by atoms with van der Waals surface area (Å²) in [6.07, 6.45) is 10.2. The summed E-state index contributed by atoms with van der Waals surface area (Å²) in [5, 5.41) is 8.98. The van der Waals surface area contributed by atoms with Crippen molar-refractivity contribution in [1.82, 2.24) is 4.98 Å². The molecule has 3 aromatic rings. The molecule has 3 N–H and O–H groups in total. The van der Waals surface area contributed by atoms with E-state index in [1.165, 1.54) is 31.2 Å². The summed E-state index contributed by atoms with van der Waals surface area (Å²) in [7, 11) is 1.69. The zero-order valence-corrected chi connectivity index (χ0v) is 22.1. The molecule has 0 saturated carbocycles. The quantitative estimate of drug-likeness (QED) is 0.154. The lowest BCUT2D eigenvalue weighted by atomic mass is 10.0. The Labute approximate surface area is 225 Å². The van der Waals surface area contributed by atoms with Crippen LogP contribution in [0.4, 0.5) is 0 Å². The highest BCUT2D eigenvalue weighted by Gasteiger charge is 2.13. The van der Waals surface area contributed by atoms with Gasteiger partial charge in [0.25, 0.3) is 0 Å². The number of unbranched alkanes of at least 4 members (excludes halogenated alkanes) is 5. The fourth-order valence-corrected chi connectivity index (χ4v) is 3.97. The Balaban J connectivity index is 1.42. The van der Waals surface area contributed by atoms with Crippen molar-refractivity contribution in [1.29, 1.82) is 0 Å². The SMILES string of the molecule is COc1ccc(CCCCCCCCOc2ccc(C(N)Oc3ccccc3)nc2/C=C/CC(=O)O)cc1. The number of nitrogens with zero attached hydrogens (tertiary/aromatic N) is 1. The number of hydrogen-bond donors (Lipinski definition) is 2. The van der Waals surface area contributed by atoms with Gasteiger partial charge in [-0.2, -0.15) is 0 Å². The van der Waals surface area contributed by atoms with E-state index >= 15 is 0 Å². The normalized spacial score (nSPS) is 11.8. The average Bonchev–Trinajstić information content (AvgIpc) is 2.93. The monoisotopic (exact) mass is 518 g/mol. The Morgan fingerprint density at radius 1 is 0.921 bits per heavy atom. The van der Waals surface area contributed by atoms with Crippen molar-refractivity contribution in [2.75, 3.05) is 13.7 Å². The molecular formula is C31H38N2O5. The molecule has 38 heavy (non-hydrogen) atoms. The predicted molar refractivity (Wildman–Crippen MR) is 149 cm³/mol. The van der Waals surface area contributed by atoms with Crippen LogP contribution in [0, 0.1) is 0 Å². The number of methoxy groups -OCH3 is 1. The molecule has 0 aliphatic rings. The smallest absolute Gasteiger partial charge is 0.307 e. The van der Waals surface area contributed by atoms with Crippen LogP contribution in [0.3, 0.4) is 0 Å². The van der Waals surface area contributed by atoms with Crippen LogP contribution in [0.1, 0.15) is 68.1 Å². The third-order valence-electron chi connectivity index (χ3n) is 6.05. The van der Waals surface area contributed by atoms with Crippen LogP contribution < -0.4 is 19.9 Å². The standard InChI is InChI=1S/C31H38N2O5/c1-36-25-19-17-24(18-20-25)12-7-4-2-3-5-10-23-37-29-22-21-28(33-27(29)15-11-16-30(34)35)31(32)38-26-13-8-6-9-14-26/h6,8-9,11,13-15,17-22,31H,2-5,7,10,12,16,23,32H2,1H3,(H,34,35)/b15-11+. The van der Waals surface area contributed by atoms with Gasteiger partial charge in [-0.05, 0) is 67.3 Å². The van der Waals surface area contributed by atoms with Crippen molar-refractivity contribution in [3.05, 3.63) is 89.8 Å². The molecule has 0 fully saturated rings. The molecule has 0 saturated heterocycles. The summed E-state index contributed by atoms with van der Waals surface area (Å²) in [4.78, 5) is 15.5. The third-order valence-corrected chi connectivity index (χ3v) is 6.05. The van der Waals surface area contributed by atoms with Crippen molar-refractivity contribution in [3.8, 4) is 17.2 Å². The number of hydrogen-bond acceptors (Lipinski definition) is 6. The fraction of sp³-hybridized carbons (Fsp3) is 0.355. The molecule has 0 spiro atoms. The van der Waals surface area contributed by atoms with Gasteiger partial charge in [0.05, 0.1) is 25.8 Å². The number of aliphatic carboxylic acids is 1. The lowest BCUT2D eigenvalue weighted by Crippen LogP contribution is -2.19. The molecule has 0 bridgehead atoms. The maximum absolute atomic E-state index is 10.9. The van der Waals surface area contributed by atoms with E-state index in [9.17, 15) is 4.79 Å². The summed E-state index contributed by atoms with van der Waals surface area (Å²) >= 11 is 0. The molecule has 1 heterocycles. The van der Waals surface area contributed by atoms with Crippen molar-refractivity contribution < 1.29 is 24.1 Å². The Morgan fingerprint density at radius 2 is 1.63 bits per heavy atom. The van der Waals surface area contributed by atoms with Crippen LogP contribution >= 0.6 is 0 Å². The first-order valence-electron chi connectivity index (χ1n) is 13.2. The van der Waals surface area contributed by atoms with Crippen LogP contribution in [-0.2, 0) is 11.2 Å². The lowest BCUT2D eigenvalue weighted by Gasteiger charge is -2.16. The second kappa shape index (κ2) is 16.1. The predicted octanol–water partition coefficient (Wildman–Crippen LogP) is 6.58. The Morgan fingerprint density at radius 3 is 2.34 bits per heavy atom. The van der Waals surface area contributed by atoms with Crippen molar-refractivity contribution in [3.63, 3.8) is 0 Å². The van der Waals surface area contributed by atoms with Gasteiger partial charge in [-0.3, -0.25) is 10.5 Å². The molecule has 1 atom stereocenters. The highest BCUT2D eigenvalue weighted by Crippen LogP contribution is 2.24. The third kappa shape index (κ3) is 10.3. The number of benzene rings is 2. The van der Waals surface area contributed by atoms with Gasteiger partial charge in [-0.25, -0.2) is 4.98 Å². The number of ether oxygens (including phenoxy) is 3. The van der Waals surface area contributed by atoms with Gasteiger partial charge in [-0.1, -0.05) is 62.1 Å². The van der Waals surface area contributed by atoms with E-state index < -0.39 is 12.2 Å². The van der Waals surface area contributed by atoms with E-state index in [0.717, 1.165) is 25.0 Å². The zero-order chi connectivity index (χ0) is 27.0. The minimum absolute atomic E-state index is 0.101. The number of aryl methyl sites for hydroxylation is 1. The van der Waals surface area contributed by atoms with E-state index in [1.807, 2.05) is 48.5 Å². The van der Waals surface area contributed by atoms with E-state index in [2.05, 4.69) is 17.1 Å². The molecule has 202 valence electrons. The maximum Gasteiger partial charge on any atom is 0.307 e. The number of nitrogens with two attached hydrogens (primary N) is 1. The maximum atomic E-state index is 10.9. The molecule has 0 amide bonds. The van der Waals surface area contributed by atoms with E-state index in [1.54, 1.807) is 25.3 Å². The Bertz CT molecular complexity index is 1130.